The second kappa shape index (κ2) is 5.36. The number of aliphatic hydroxyl groups excluding tert-OH is 1. The molecule has 0 saturated carbocycles. The smallest absolute Gasteiger partial charge is 0.251 e. The highest BCUT2D eigenvalue weighted by Gasteiger charge is 2.35. The van der Waals surface area contributed by atoms with E-state index < -0.39 is 0 Å². The number of rotatable bonds is 2. The maximum absolute atomic E-state index is 12.2. The van der Waals surface area contributed by atoms with Gasteiger partial charge in [0.05, 0.1) is 12.2 Å². The molecule has 0 aliphatic carbocycles. The highest BCUT2D eigenvalue weighted by atomic mass is 16.5. The maximum Gasteiger partial charge on any atom is 0.251 e. The van der Waals surface area contributed by atoms with Crippen LogP contribution in [0.15, 0.2) is 0 Å². The average molecular weight is 241 g/mol. The van der Waals surface area contributed by atoms with Gasteiger partial charge in [-0.05, 0) is 32.6 Å². The third-order valence-corrected chi connectivity index (χ3v) is 4.04. The van der Waals surface area contributed by atoms with Gasteiger partial charge in [-0.2, -0.15) is 0 Å². The van der Waals surface area contributed by atoms with Crippen molar-refractivity contribution in [2.75, 3.05) is 13.1 Å². The predicted molar refractivity (Wildman–Crippen MR) is 64.6 cm³/mol. The summed E-state index contributed by atoms with van der Waals surface area (Å²) in [5, 5.41) is 9.81. The van der Waals surface area contributed by atoms with Gasteiger partial charge >= 0.3 is 0 Å². The molecule has 0 bridgehead atoms. The summed E-state index contributed by atoms with van der Waals surface area (Å²) in [5.41, 5.74) is 0. The first kappa shape index (κ1) is 12.8. The zero-order valence-electron chi connectivity index (χ0n) is 10.8. The van der Waals surface area contributed by atoms with Gasteiger partial charge in [-0.3, -0.25) is 4.79 Å². The number of nitrogens with zero attached hydrogens (tertiary/aromatic N) is 1. The van der Waals surface area contributed by atoms with Crippen LogP contribution in [0.2, 0.25) is 0 Å². The average Bonchev–Trinajstić information content (AvgIpc) is 2.75. The van der Waals surface area contributed by atoms with E-state index in [9.17, 15) is 9.90 Å². The van der Waals surface area contributed by atoms with Gasteiger partial charge in [-0.15, -0.1) is 0 Å². The lowest BCUT2D eigenvalue weighted by atomic mass is 9.92. The molecule has 2 heterocycles. The summed E-state index contributed by atoms with van der Waals surface area (Å²) in [6, 6.07) is 0. The van der Waals surface area contributed by atoms with Crippen molar-refractivity contribution < 1.29 is 14.6 Å². The highest BCUT2D eigenvalue weighted by molar-refractivity contribution is 5.81. The van der Waals surface area contributed by atoms with Crippen molar-refractivity contribution in [1.82, 2.24) is 4.90 Å². The Hall–Kier alpha value is -0.610. The van der Waals surface area contributed by atoms with Crippen molar-refractivity contribution in [3.63, 3.8) is 0 Å². The summed E-state index contributed by atoms with van der Waals surface area (Å²) in [6.45, 7) is 5.44. The van der Waals surface area contributed by atoms with E-state index in [1.54, 1.807) is 0 Å². The summed E-state index contributed by atoms with van der Waals surface area (Å²) >= 11 is 0. The number of amides is 1. The van der Waals surface area contributed by atoms with Crippen LogP contribution in [0.1, 0.15) is 39.5 Å². The van der Waals surface area contributed by atoms with E-state index in [4.69, 9.17) is 4.74 Å². The second-order valence-corrected chi connectivity index (χ2v) is 5.32. The Morgan fingerprint density at radius 1 is 1.41 bits per heavy atom. The second-order valence-electron chi connectivity index (χ2n) is 5.32. The van der Waals surface area contributed by atoms with E-state index >= 15 is 0 Å². The molecule has 4 unspecified atom stereocenters. The Morgan fingerprint density at radius 3 is 2.76 bits per heavy atom. The molecule has 0 aromatic rings. The van der Waals surface area contributed by atoms with Crippen molar-refractivity contribution in [3.05, 3.63) is 0 Å². The predicted octanol–water partition coefficient (Wildman–Crippen LogP) is 1.17. The van der Waals surface area contributed by atoms with E-state index in [0.717, 1.165) is 19.3 Å². The van der Waals surface area contributed by atoms with Crippen LogP contribution >= 0.6 is 0 Å². The Kier molecular flexibility index (Phi) is 4.05. The third-order valence-electron chi connectivity index (χ3n) is 4.04. The van der Waals surface area contributed by atoms with Crippen LogP contribution in [0.4, 0.5) is 0 Å². The Bertz CT molecular complexity index is 282. The monoisotopic (exact) mass is 241 g/mol. The van der Waals surface area contributed by atoms with Crippen LogP contribution in [-0.2, 0) is 9.53 Å². The first-order chi connectivity index (χ1) is 8.11. The lowest BCUT2D eigenvalue weighted by Crippen LogP contribution is -2.49. The van der Waals surface area contributed by atoms with Gasteiger partial charge in [0.1, 0.15) is 6.10 Å². The Morgan fingerprint density at radius 2 is 2.18 bits per heavy atom. The standard InChI is InChI=1S/C13H23NO3/c1-3-10-8-14(7-6-11(10)15)13(16)12-5-4-9(2)17-12/h9-12,15H,3-8H2,1-2H3. The zero-order valence-corrected chi connectivity index (χ0v) is 10.8. The van der Waals surface area contributed by atoms with Crippen molar-refractivity contribution in [3.8, 4) is 0 Å². The molecule has 0 radical (unpaired) electrons. The third kappa shape index (κ3) is 2.80. The molecule has 2 rings (SSSR count). The normalized spacial score (nSPS) is 38.4. The molecule has 0 spiro atoms. The molecule has 2 aliphatic heterocycles. The van der Waals surface area contributed by atoms with E-state index in [1.165, 1.54) is 0 Å². The topological polar surface area (TPSA) is 49.8 Å². The Balaban J connectivity index is 1.91. The van der Waals surface area contributed by atoms with Crippen molar-refractivity contribution in [1.29, 1.82) is 0 Å². The molecular formula is C13H23NO3. The van der Waals surface area contributed by atoms with E-state index in [1.807, 2.05) is 11.8 Å². The molecule has 4 nitrogen and oxygen atoms in total. The minimum Gasteiger partial charge on any atom is -0.393 e. The van der Waals surface area contributed by atoms with Crippen LogP contribution in [0.25, 0.3) is 0 Å². The number of hydrogen-bond acceptors (Lipinski definition) is 3. The number of carbonyl (C=O) groups excluding carboxylic acids is 1. The lowest BCUT2D eigenvalue weighted by Gasteiger charge is -2.36. The molecule has 0 aromatic carbocycles. The van der Waals surface area contributed by atoms with Crippen LogP contribution in [0.5, 0.6) is 0 Å². The molecule has 2 saturated heterocycles. The van der Waals surface area contributed by atoms with Crippen molar-refractivity contribution in [2.24, 2.45) is 5.92 Å². The summed E-state index contributed by atoms with van der Waals surface area (Å²) in [5.74, 6) is 0.353. The lowest BCUT2D eigenvalue weighted by molar-refractivity contribution is -0.146. The Labute approximate surface area is 103 Å². The summed E-state index contributed by atoms with van der Waals surface area (Å²) in [4.78, 5) is 14.1. The highest BCUT2D eigenvalue weighted by Crippen LogP contribution is 2.25. The largest absolute Gasteiger partial charge is 0.393 e. The summed E-state index contributed by atoms with van der Waals surface area (Å²) in [7, 11) is 0. The van der Waals surface area contributed by atoms with Gasteiger partial charge < -0.3 is 14.7 Å². The first-order valence-corrected chi connectivity index (χ1v) is 6.74. The minimum atomic E-state index is -0.243. The van der Waals surface area contributed by atoms with Crippen LogP contribution in [0.3, 0.4) is 0 Å². The minimum absolute atomic E-state index is 0.125. The van der Waals surface area contributed by atoms with Gasteiger partial charge in [0.15, 0.2) is 0 Å². The van der Waals surface area contributed by atoms with Crippen LogP contribution in [0, 0.1) is 5.92 Å². The van der Waals surface area contributed by atoms with Gasteiger partial charge in [-0.1, -0.05) is 6.92 Å². The molecule has 2 aliphatic rings. The molecule has 98 valence electrons. The van der Waals surface area contributed by atoms with Gasteiger partial charge in [0.2, 0.25) is 0 Å². The number of ether oxygens (including phenoxy) is 1. The zero-order chi connectivity index (χ0) is 12.4. The fourth-order valence-corrected chi connectivity index (χ4v) is 2.81. The van der Waals surface area contributed by atoms with Crippen LogP contribution < -0.4 is 0 Å². The molecule has 4 heteroatoms. The number of aliphatic hydroxyl groups is 1. The summed E-state index contributed by atoms with van der Waals surface area (Å²) < 4.78 is 5.62. The van der Waals surface area contributed by atoms with E-state index in [0.29, 0.717) is 19.5 Å². The maximum atomic E-state index is 12.2. The quantitative estimate of drug-likeness (QED) is 0.789. The molecule has 1 amide bonds. The van der Waals surface area contributed by atoms with Gasteiger partial charge in [0.25, 0.3) is 5.91 Å². The van der Waals surface area contributed by atoms with Gasteiger partial charge in [0, 0.05) is 19.0 Å². The fraction of sp³-hybridized carbons (Fsp3) is 0.923. The fourth-order valence-electron chi connectivity index (χ4n) is 2.81. The van der Waals surface area contributed by atoms with E-state index in [2.05, 4.69) is 6.92 Å². The number of piperidine rings is 1. The molecule has 1 N–H and O–H groups in total. The molecule has 17 heavy (non-hydrogen) atoms. The molecule has 4 atom stereocenters. The summed E-state index contributed by atoms with van der Waals surface area (Å²) in [6.07, 6.45) is 3.17. The number of likely N-dealkylation sites (tertiary alicyclic amines) is 1. The molecular weight excluding hydrogens is 218 g/mol. The van der Waals surface area contributed by atoms with Crippen LogP contribution in [-0.4, -0.2) is 47.3 Å². The van der Waals surface area contributed by atoms with E-state index in [-0.39, 0.29) is 30.1 Å². The molecule has 0 aromatic heterocycles. The van der Waals surface area contributed by atoms with Crippen molar-refractivity contribution >= 4 is 5.91 Å². The SMILES string of the molecule is CCC1CN(C(=O)C2CCC(C)O2)CCC1O. The van der Waals surface area contributed by atoms with Gasteiger partial charge in [-0.25, -0.2) is 0 Å². The number of carbonyl (C=O) groups is 1. The number of hydrogen-bond donors (Lipinski definition) is 1. The first-order valence-electron chi connectivity index (χ1n) is 6.74. The molecule has 2 fully saturated rings. The van der Waals surface area contributed by atoms with Crippen molar-refractivity contribution in [2.45, 2.75) is 57.8 Å².